The number of hydrogen-bond donors (Lipinski definition) is 1. The quantitative estimate of drug-likeness (QED) is 0.885. The van der Waals surface area contributed by atoms with E-state index in [1.807, 2.05) is 0 Å². The highest BCUT2D eigenvalue weighted by Crippen LogP contribution is 2.30. The molecular formula is C14H10ClFO2. The van der Waals surface area contributed by atoms with Crippen LogP contribution in [0.25, 0.3) is 11.1 Å². The highest BCUT2D eigenvalue weighted by molar-refractivity contribution is 6.31. The van der Waals surface area contributed by atoms with Crippen LogP contribution in [0.4, 0.5) is 4.39 Å². The van der Waals surface area contributed by atoms with Gasteiger partial charge in [0, 0.05) is 5.02 Å². The fourth-order valence-electron chi connectivity index (χ4n) is 1.81. The first-order chi connectivity index (χ1) is 8.49. The largest absolute Gasteiger partial charge is 0.478 e. The van der Waals surface area contributed by atoms with Gasteiger partial charge in [0.25, 0.3) is 0 Å². The number of rotatable bonds is 2. The third-order valence-electron chi connectivity index (χ3n) is 2.70. The van der Waals surface area contributed by atoms with E-state index in [2.05, 4.69) is 0 Å². The SMILES string of the molecule is Cc1ccc(F)cc1-c1cc(Cl)ccc1C(=O)O. The highest BCUT2D eigenvalue weighted by Gasteiger charge is 2.14. The van der Waals surface area contributed by atoms with Crippen molar-refractivity contribution in [1.29, 1.82) is 0 Å². The molecule has 0 spiro atoms. The predicted octanol–water partition coefficient (Wildman–Crippen LogP) is 4.15. The number of carboxylic acids is 1. The maximum absolute atomic E-state index is 13.3. The van der Waals surface area contributed by atoms with Crippen molar-refractivity contribution in [3.63, 3.8) is 0 Å². The Morgan fingerprint density at radius 3 is 2.56 bits per heavy atom. The zero-order valence-electron chi connectivity index (χ0n) is 9.58. The second-order valence-corrected chi connectivity index (χ2v) is 4.39. The molecule has 92 valence electrons. The molecule has 0 unspecified atom stereocenters. The van der Waals surface area contributed by atoms with Crippen LogP contribution in [0.1, 0.15) is 15.9 Å². The summed E-state index contributed by atoms with van der Waals surface area (Å²) in [5.74, 6) is -1.47. The molecule has 4 heteroatoms. The van der Waals surface area contributed by atoms with E-state index < -0.39 is 11.8 Å². The fourth-order valence-corrected chi connectivity index (χ4v) is 1.98. The Bertz CT molecular complexity index is 623. The zero-order valence-corrected chi connectivity index (χ0v) is 10.3. The average Bonchev–Trinajstić information content (AvgIpc) is 2.31. The van der Waals surface area contributed by atoms with Gasteiger partial charge in [0.2, 0.25) is 0 Å². The molecule has 0 fully saturated rings. The molecule has 0 saturated carbocycles. The van der Waals surface area contributed by atoms with E-state index in [0.717, 1.165) is 5.56 Å². The summed E-state index contributed by atoms with van der Waals surface area (Å²) in [5.41, 5.74) is 1.86. The van der Waals surface area contributed by atoms with Crippen LogP contribution in [-0.2, 0) is 0 Å². The maximum Gasteiger partial charge on any atom is 0.336 e. The molecule has 0 aromatic heterocycles. The van der Waals surface area contributed by atoms with Crippen molar-refractivity contribution in [2.45, 2.75) is 6.92 Å². The Kier molecular flexibility index (Phi) is 3.34. The molecule has 2 nitrogen and oxygen atoms in total. The van der Waals surface area contributed by atoms with Gasteiger partial charge in [-0.15, -0.1) is 0 Å². The topological polar surface area (TPSA) is 37.3 Å². The van der Waals surface area contributed by atoms with Gasteiger partial charge in [0.15, 0.2) is 0 Å². The molecule has 0 aliphatic rings. The number of benzene rings is 2. The number of aromatic carboxylic acids is 1. The zero-order chi connectivity index (χ0) is 13.3. The molecule has 0 radical (unpaired) electrons. The average molecular weight is 265 g/mol. The molecule has 0 atom stereocenters. The minimum atomic E-state index is -1.06. The standard InChI is InChI=1S/C14H10ClFO2/c1-8-2-4-10(16)7-12(8)13-6-9(15)3-5-11(13)14(17)18/h2-7H,1H3,(H,17,18). The molecule has 0 aliphatic carbocycles. The van der Waals surface area contributed by atoms with Gasteiger partial charge in [-0.25, -0.2) is 9.18 Å². The molecule has 2 aromatic rings. The van der Waals surface area contributed by atoms with Crippen LogP contribution in [0.2, 0.25) is 5.02 Å². The second kappa shape index (κ2) is 4.78. The van der Waals surface area contributed by atoms with E-state index in [1.165, 1.54) is 30.3 Å². The normalized spacial score (nSPS) is 10.4. The Labute approximate surface area is 109 Å². The molecule has 0 amide bonds. The van der Waals surface area contributed by atoms with Crippen molar-refractivity contribution in [2.75, 3.05) is 0 Å². The number of carbonyl (C=O) groups is 1. The number of carboxylic acid groups (broad SMARTS) is 1. The van der Waals surface area contributed by atoms with Crippen LogP contribution < -0.4 is 0 Å². The van der Waals surface area contributed by atoms with Gasteiger partial charge in [-0.1, -0.05) is 17.7 Å². The van der Waals surface area contributed by atoms with Crippen molar-refractivity contribution in [3.8, 4) is 11.1 Å². The summed E-state index contributed by atoms with van der Waals surface area (Å²) in [6.45, 7) is 1.79. The summed E-state index contributed by atoms with van der Waals surface area (Å²) in [5, 5.41) is 9.56. The smallest absolute Gasteiger partial charge is 0.336 e. The second-order valence-electron chi connectivity index (χ2n) is 3.95. The molecular weight excluding hydrogens is 255 g/mol. The van der Waals surface area contributed by atoms with E-state index in [4.69, 9.17) is 16.7 Å². The molecule has 1 N–H and O–H groups in total. The molecule has 0 bridgehead atoms. The first-order valence-electron chi connectivity index (χ1n) is 5.28. The van der Waals surface area contributed by atoms with Gasteiger partial charge in [-0.2, -0.15) is 0 Å². The monoisotopic (exact) mass is 264 g/mol. The summed E-state index contributed by atoms with van der Waals surface area (Å²) in [6, 6.07) is 8.72. The Balaban J connectivity index is 2.73. The summed E-state index contributed by atoms with van der Waals surface area (Å²) >= 11 is 5.88. The van der Waals surface area contributed by atoms with Crippen LogP contribution >= 0.6 is 11.6 Å². The van der Waals surface area contributed by atoms with Crippen LogP contribution in [0.5, 0.6) is 0 Å². The molecule has 18 heavy (non-hydrogen) atoms. The van der Waals surface area contributed by atoms with Gasteiger partial charge in [-0.3, -0.25) is 0 Å². The lowest BCUT2D eigenvalue weighted by Crippen LogP contribution is -2.00. The number of hydrogen-bond acceptors (Lipinski definition) is 1. The first kappa shape index (κ1) is 12.6. The van der Waals surface area contributed by atoms with E-state index in [0.29, 0.717) is 16.1 Å². The van der Waals surface area contributed by atoms with Crippen molar-refractivity contribution >= 4 is 17.6 Å². The fraction of sp³-hybridized carbons (Fsp3) is 0.0714. The maximum atomic E-state index is 13.3. The Morgan fingerprint density at radius 1 is 1.17 bits per heavy atom. The highest BCUT2D eigenvalue weighted by atomic mass is 35.5. The third-order valence-corrected chi connectivity index (χ3v) is 2.94. The number of halogens is 2. The Morgan fingerprint density at radius 2 is 1.89 bits per heavy atom. The minimum absolute atomic E-state index is 0.105. The van der Waals surface area contributed by atoms with E-state index in [-0.39, 0.29) is 5.56 Å². The lowest BCUT2D eigenvalue weighted by Gasteiger charge is -2.10. The van der Waals surface area contributed by atoms with Crippen LogP contribution in [0.15, 0.2) is 36.4 Å². The lowest BCUT2D eigenvalue weighted by atomic mass is 9.96. The Hall–Kier alpha value is -1.87. The van der Waals surface area contributed by atoms with Crippen molar-refractivity contribution < 1.29 is 14.3 Å². The molecule has 0 saturated heterocycles. The van der Waals surface area contributed by atoms with E-state index in [9.17, 15) is 9.18 Å². The van der Waals surface area contributed by atoms with Gasteiger partial charge < -0.3 is 5.11 Å². The summed E-state index contributed by atoms with van der Waals surface area (Å²) < 4.78 is 13.3. The molecule has 0 heterocycles. The summed E-state index contributed by atoms with van der Waals surface area (Å²) in [7, 11) is 0. The summed E-state index contributed by atoms with van der Waals surface area (Å²) in [4.78, 5) is 11.2. The van der Waals surface area contributed by atoms with Crippen LogP contribution in [0.3, 0.4) is 0 Å². The van der Waals surface area contributed by atoms with E-state index in [1.54, 1.807) is 13.0 Å². The van der Waals surface area contributed by atoms with Crippen LogP contribution in [0, 0.1) is 12.7 Å². The summed E-state index contributed by atoms with van der Waals surface area (Å²) in [6.07, 6.45) is 0. The molecule has 2 rings (SSSR count). The van der Waals surface area contributed by atoms with Gasteiger partial charge >= 0.3 is 5.97 Å². The minimum Gasteiger partial charge on any atom is -0.478 e. The molecule has 0 aliphatic heterocycles. The van der Waals surface area contributed by atoms with Crippen molar-refractivity contribution in [3.05, 3.63) is 58.4 Å². The van der Waals surface area contributed by atoms with Crippen LogP contribution in [-0.4, -0.2) is 11.1 Å². The van der Waals surface area contributed by atoms with Crippen molar-refractivity contribution in [2.24, 2.45) is 0 Å². The lowest BCUT2D eigenvalue weighted by molar-refractivity contribution is 0.0697. The molecule has 2 aromatic carbocycles. The number of aryl methyl sites for hydroxylation is 1. The first-order valence-corrected chi connectivity index (χ1v) is 5.66. The van der Waals surface area contributed by atoms with Gasteiger partial charge in [-0.05, 0) is 53.9 Å². The third kappa shape index (κ3) is 2.36. The van der Waals surface area contributed by atoms with Gasteiger partial charge in [0.05, 0.1) is 5.56 Å². The van der Waals surface area contributed by atoms with Gasteiger partial charge in [0.1, 0.15) is 5.82 Å². The van der Waals surface area contributed by atoms with E-state index >= 15 is 0 Å². The predicted molar refractivity (Wildman–Crippen MR) is 68.5 cm³/mol. The van der Waals surface area contributed by atoms with Crippen molar-refractivity contribution in [1.82, 2.24) is 0 Å².